The molecule has 1 saturated heterocycles. The third kappa shape index (κ3) is 5.48. The molecular weight excluding hydrogens is 410 g/mol. The smallest absolute Gasteiger partial charge is 0.265 e. The van der Waals surface area contributed by atoms with Crippen molar-refractivity contribution in [2.24, 2.45) is 0 Å². The Kier molecular flexibility index (Phi) is 6.59. The number of aromatic nitrogens is 1. The van der Waals surface area contributed by atoms with Gasteiger partial charge in [-0.3, -0.25) is 9.59 Å². The molecule has 2 amide bonds. The zero-order valence-corrected chi connectivity index (χ0v) is 18.2. The van der Waals surface area contributed by atoms with Crippen molar-refractivity contribution in [3.05, 3.63) is 76.1 Å². The van der Waals surface area contributed by atoms with E-state index < -0.39 is 0 Å². The van der Waals surface area contributed by atoms with Gasteiger partial charge in [-0.2, -0.15) is 0 Å². The Labute approximate surface area is 185 Å². The van der Waals surface area contributed by atoms with Crippen molar-refractivity contribution in [1.82, 2.24) is 15.2 Å². The van der Waals surface area contributed by atoms with E-state index in [0.29, 0.717) is 22.7 Å². The van der Waals surface area contributed by atoms with Gasteiger partial charge < -0.3 is 20.4 Å². The molecule has 1 aliphatic rings. The summed E-state index contributed by atoms with van der Waals surface area (Å²) in [6, 6.07) is 14.5. The molecule has 0 saturated carbocycles. The maximum atomic E-state index is 12.5. The van der Waals surface area contributed by atoms with Gasteiger partial charge in [-0.25, -0.2) is 4.98 Å². The van der Waals surface area contributed by atoms with Gasteiger partial charge in [0.1, 0.15) is 5.82 Å². The van der Waals surface area contributed by atoms with E-state index in [1.54, 1.807) is 30.3 Å². The second-order valence-electron chi connectivity index (χ2n) is 7.51. The van der Waals surface area contributed by atoms with Crippen LogP contribution < -0.4 is 15.5 Å². The highest BCUT2D eigenvalue weighted by Crippen LogP contribution is 2.15. The van der Waals surface area contributed by atoms with Crippen molar-refractivity contribution < 1.29 is 9.59 Å². The molecule has 0 radical (unpaired) electrons. The van der Waals surface area contributed by atoms with Gasteiger partial charge in [0.05, 0.1) is 4.88 Å². The summed E-state index contributed by atoms with van der Waals surface area (Å²) in [5, 5.41) is 7.60. The zero-order chi connectivity index (χ0) is 21.6. The van der Waals surface area contributed by atoms with Crippen molar-refractivity contribution in [2.75, 3.05) is 43.4 Å². The Morgan fingerprint density at radius 1 is 1.00 bits per heavy atom. The van der Waals surface area contributed by atoms with Crippen LogP contribution >= 0.6 is 11.3 Å². The molecule has 3 heterocycles. The van der Waals surface area contributed by atoms with Crippen molar-refractivity contribution >= 4 is 34.7 Å². The average molecular weight is 436 g/mol. The molecule has 4 rings (SSSR count). The number of hydrogen-bond acceptors (Lipinski definition) is 6. The fourth-order valence-corrected chi connectivity index (χ4v) is 3.95. The first kappa shape index (κ1) is 21.0. The van der Waals surface area contributed by atoms with Gasteiger partial charge in [-0.1, -0.05) is 12.1 Å². The van der Waals surface area contributed by atoms with E-state index in [-0.39, 0.29) is 11.8 Å². The van der Waals surface area contributed by atoms with Crippen LogP contribution in [0.5, 0.6) is 0 Å². The number of pyridine rings is 1. The minimum Gasteiger partial charge on any atom is -0.354 e. The highest BCUT2D eigenvalue weighted by molar-refractivity contribution is 7.12. The highest BCUT2D eigenvalue weighted by atomic mass is 32.1. The SMILES string of the molecule is CN1CCN(c2ccc(CNC(=O)c3ccc(NC(=O)c4cccs4)cc3)cn2)CC1. The van der Waals surface area contributed by atoms with Crippen LogP contribution in [0.3, 0.4) is 0 Å². The van der Waals surface area contributed by atoms with E-state index in [0.717, 1.165) is 37.6 Å². The number of hydrogen-bond donors (Lipinski definition) is 2. The molecule has 1 fully saturated rings. The van der Waals surface area contributed by atoms with Crippen LogP contribution in [0.1, 0.15) is 25.6 Å². The van der Waals surface area contributed by atoms with E-state index in [4.69, 9.17) is 0 Å². The second-order valence-corrected chi connectivity index (χ2v) is 8.45. The largest absolute Gasteiger partial charge is 0.354 e. The van der Waals surface area contributed by atoms with Crippen molar-refractivity contribution in [2.45, 2.75) is 6.54 Å². The summed E-state index contributed by atoms with van der Waals surface area (Å²) < 4.78 is 0. The first-order valence-corrected chi connectivity index (χ1v) is 11.1. The van der Waals surface area contributed by atoms with Gasteiger partial charge in [0, 0.05) is 50.2 Å². The Morgan fingerprint density at radius 2 is 1.77 bits per heavy atom. The highest BCUT2D eigenvalue weighted by Gasteiger charge is 2.15. The molecule has 0 bridgehead atoms. The Morgan fingerprint density at radius 3 is 2.42 bits per heavy atom. The molecule has 0 unspecified atom stereocenters. The molecule has 31 heavy (non-hydrogen) atoms. The van der Waals surface area contributed by atoms with Crippen LogP contribution in [0.15, 0.2) is 60.1 Å². The average Bonchev–Trinajstić information content (AvgIpc) is 3.34. The van der Waals surface area contributed by atoms with Crippen LogP contribution in [0.2, 0.25) is 0 Å². The summed E-state index contributed by atoms with van der Waals surface area (Å²) in [7, 11) is 2.13. The van der Waals surface area contributed by atoms with Gasteiger partial charge in [0.2, 0.25) is 0 Å². The summed E-state index contributed by atoms with van der Waals surface area (Å²) in [6.07, 6.45) is 1.82. The van der Waals surface area contributed by atoms with Crippen LogP contribution in [0, 0.1) is 0 Å². The normalized spacial score (nSPS) is 14.3. The fraction of sp³-hybridized carbons (Fsp3) is 0.261. The van der Waals surface area contributed by atoms with Crippen molar-refractivity contribution in [1.29, 1.82) is 0 Å². The minimum absolute atomic E-state index is 0.153. The van der Waals surface area contributed by atoms with Crippen LogP contribution in [-0.4, -0.2) is 54.9 Å². The molecule has 160 valence electrons. The number of anilines is 2. The molecular formula is C23H25N5O2S. The molecule has 0 aliphatic carbocycles. The minimum atomic E-state index is -0.167. The first-order chi connectivity index (χ1) is 15.1. The number of piperazine rings is 1. The first-order valence-electron chi connectivity index (χ1n) is 10.2. The summed E-state index contributed by atoms with van der Waals surface area (Å²) >= 11 is 1.39. The lowest BCUT2D eigenvalue weighted by atomic mass is 10.2. The molecule has 8 heteroatoms. The standard InChI is InChI=1S/C23H25N5O2S/c1-27-10-12-28(13-11-27)21-9-4-17(15-24-21)16-25-22(29)18-5-7-19(8-6-18)26-23(30)20-3-2-14-31-20/h2-9,14-15H,10-13,16H2,1H3,(H,25,29)(H,26,30). The number of rotatable bonds is 6. The molecule has 0 spiro atoms. The Balaban J connectivity index is 1.28. The number of nitrogens with one attached hydrogen (secondary N) is 2. The molecule has 2 N–H and O–H groups in total. The lowest BCUT2D eigenvalue weighted by molar-refractivity contribution is 0.0950. The van der Waals surface area contributed by atoms with Gasteiger partial charge >= 0.3 is 0 Å². The summed E-state index contributed by atoms with van der Waals surface area (Å²) in [5.41, 5.74) is 2.14. The van der Waals surface area contributed by atoms with E-state index in [9.17, 15) is 9.59 Å². The number of carbonyl (C=O) groups excluding carboxylic acids is 2. The van der Waals surface area contributed by atoms with E-state index in [2.05, 4.69) is 32.5 Å². The number of thiophene rings is 1. The third-order valence-electron chi connectivity index (χ3n) is 5.24. The summed E-state index contributed by atoms with van der Waals surface area (Å²) in [4.78, 5) is 34.3. The molecule has 1 aromatic carbocycles. The van der Waals surface area contributed by atoms with Crippen molar-refractivity contribution in [3.63, 3.8) is 0 Å². The summed E-state index contributed by atoms with van der Waals surface area (Å²) in [6.45, 7) is 4.43. The van der Waals surface area contributed by atoms with Gasteiger partial charge in [0.25, 0.3) is 11.8 Å². The maximum absolute atomic E-state index is 12.5. The number of nitrogens with zero attached hydrogens (tertiary/aromatic N) is 3. The lowest BCUT2D eigenvalue weighted by Crippen LogP contribution is -2.44. The molecule has 1 aliphatic heterocycles. The van der Waals surface area contributed by atoms with Gasteiger partial charge in [-0.05, 0) is 54.4 Å². The Hall–Kier alpha value is -3.23. The predicted molar refractivity (Wildman–Crippen MR) is 124 cm³/mol. The number of carbonyl (C=O) groups is 2. The third-order valence-corrected chi connectivity index (χ3v) is 6.11. The monoisotopic (exact) mass is 435 g/mol. The van der Waals surface area contributed by atoms with Crippen LogP contribution in [0.25, 0.3) is 0 Å². The predicted octanol–water partition coefficient (Wildman–Crippen LogP) is 3.08. The molecule has 0 atom stereocenters. The van der Waals surface area contributed by atoms with E-state index in [1.165, 1.54) is 11.3 Å². The quantitative estimate of drug-likeness (QED) is 0.622. The zero-order valence-electron chi connectivity index (χ0n) is 17.4. The molecule has 3 aromatic rings. The van der Waals surface area contributed by atoms with E-state index >= 15 is 0 Å². The maximum Gasteiger partial charge on any atom is 0.265 e. The van der Waals surface area contributed by atoms with Gasteiger partial charge in [0.15, 0.2) is 0 Å². The number of benzene rings is 1. The van der Waals surface area contributed by atoms with E-state index in [1.807, 2.05) is 29.8 Å². The number of amides is 2. The lowest BCUT2D eigenvalue weighted by Gasteiger charge is -2.33. The topological polar surface area (TPSA) is 77.6 Å². The molecule has 7 nitrogen and oxygen atoms in total. The van der Waals surface area contributed by atoms with Gasteiger partial charge in [-0.15, -0.1) is 11.3 Å². The fourth-order valence-electron chi connectivity index (χ4n) is 3.33. The Bertz CT molecular complexity index is 1010. The van der Waals surface area contributed by atoms with Crippen molar-refractivity contribution in [3.8, 4) is 0 Å². The van der Waals surface area contributed by atoms with Crippen LogP contribution in [0.4, 0.5) is 11.5 Å². The summed E-state index contributed by atoms with van der Waals surface area (Å²) in [5.74, 6) is 0.655. The molecule has 2 aromatic heterocycles. The van der Waals surface area contributed by atoms with Crippen LogP contribution in [-0.2, 0) is 6.54 Å². The number of likely N-dealkylation sites (N-methyl/N-ethyl adjacent to an activating group) is 1. The second kappa shape index (κ2) is 9.72.